The Morgan fingerprint density at radius 1 is 0.971 bits per heavy atom. The molecule has 2 aliphatic heterocycles. The first-order chi connectivity index (χ1) is 16.3. The van der Waals surface area contributed by atoms with Crippen molar-refractivity contribution >= 4 is 25.1 Å². The molecule has 4 heteroatoms. The number of hydrogen-bond acceptors (Lipinski definition) is 3. The van der Waals surface area contributed by atoms with Crippen molar-refractivity contribution in [3.05, 3.63) is 108 Å². The van der Waals surface area contributed by atoms with Gasteiger partial charge in [0.05, 0.1) is 17.1 Å². The molecular weight excluding hydrogens is 413 g/mol. The summed E-state index contributed by atoms with van der Waals surface area (Å²) in [4.78, 5) is 7.25. The summed E-state index contributed by atoms with van der Waals surface area (Å²) < 4.78 is 0. The van der Waals surface area contributed by atoms with Crippen LogP contribution >= 0.6 is 0 Å². The number of nitrogens with one attached hydrogen (secondary N) is 1. The molecule has 1 N–H and O–H groups in total. The average molecular weight is 445 g/mol. The maximum absolute atomic E-state index is 6.44. The third-order valence-corrected chi connectivity index (χ3v) is 7.37. The standard InChI is InChI=1S/C30H32BN3/c1-20-18-21(2)34(31)19-30(3,4)29-26(20)24-16-11-17-25(28(24)33-29)32-27(22-12-7-5-8-13-22)23-14-9-6-10-15-23/h5-17,21,26,29,33H,1,18-19H2,2-4H3/t21?,26-,29+/m0/s1. The molecule has 3 aromatic carbocycles. The quantitative estimate of drug-likeness (QED) is 0.283. The summed E-state index contributed by atoms with van der Waals surface area (Å²) in [6.07, 6.45) is 0.891. The Kier molecular flexibility index (Phi) is 5.95. The number of nitrogens with zero attached hydrogens (tertiary/aromatic N) is 2. The van der Waals surface area contributed by atoms with Crippen LogP contribution in [0.25, 0.3) is 0 Å². The zero-order valence-electron chi connectivity index (χ0n) is 20.3. The summed E-state index contributed by atoms with van der Waals surface area (Å²) in [6, 6.07) is 27.8. The highest BCUT2D eigenvalue weighted by Crippen LogP contribution is 2.51. The summed E-state index contributed by atoms with van der Waals surface area (Å²) in [6.45, 7) is 12.2. The van der Waals surface area contributed by atoms with Gasteiger partial charge in [-0.2, -0.15) is 0 Å². The maximum Gasteiger partial charge on any atom is 0.182 e. The van der Waals surface area contributed by atoms with Crippen LogP contribution in [0.3, 0.4) is 0 Å². The van der Waals surface area contributed by atoms with Crippen LogP contribution in [0.1, 0.15) is 49.8 Å². The minimum Gasteiger partial charge on any atom is -0.379 e. The first-order valence-corrected chi connectivity index (χ1v) is 12.1. The molecule has 0 saturated carbocycles. The van der Waals surface area contributed by atoms with Gasteiger partial charge in [0.15, 0.2) is 7.98 Å². The Morgan fingerprint density at radius 3 is 2.21 bits per heavy atom. The van der Waals surface area contributed by atoms with E-state index in [1.807, 2.05) is 16.9 Å². The SMILES string of the molecule is [B]N1CC(C)(C)[C@@H]2Nc3c(N=C(c4ccccc4)c4ccccc4)cccc3[C@@H]2C(=C)CC1C. The fraction of sp³-hybridized carbons (Fsp3) is 0.300. The van der Waals surface area contributed by atoms with E-state index in [2.05, 4.69) is 99.4 Å². The number of fused-ring (bicyclic) bond motifs is 3. The minimum absolute atomic E-state index is 0.0429. The Labute approximate surface area is 205 Å². The molecule has 3 atom stereocenters. The molecule has 2 heterocycles. The fourth-order valence-corrected chi connectivity index (χ4v) is 5.54. The molecule has 5 rings (SSSR count). The Morgan fingerprint density at radius 2 is 1.59 bits per heavy atom. The van der Waals surface area contributed by atoms with Gasteiger partial charge in [0.2, 0.25) is 0 Å². The van der Waals surface area contributed by atoms with Gasteiger partial charge in [0, 0.05) is 23.1 Å². The average Bonchev–Trinajstić information content (AvgIpc) is 3.24. The second-order valence-electron chi connectivity index (χ2n) is 10.4. The molecule has 1 saturated heterocycles. The van der Waals surface area contributed by atoms with Gasteiger partial charge in [-0.25, -0.2) is 4.99 Å². The number of benzene rings is 3. The largest absolute Gasteiger partial charge is 0.379 e. The van der Waals surface area contributed by atoms with Crippen molar-refractivity contribution in [1.29, 1.82) is 0 Å². The van der Waals surface area contributed by atoms with Crippen LogP contribution in [-0.4, -0.2) is 37.1 Å². The zero-order chi connectivity index (χ0) is 23.9. The first kappa shape index (κ1) is 22.7. The molecule has 0 aliphatic carbocycles. The topological polar surface area (TPSA) is 27.6 Å². The maximum atomic E-state index is 6.44. The van der Waals surface area contributed by atoms with E-state index in [1.54, 1.807) is 0 Å². The molecule has 34 heavy (non-hydrogen) atoms. The Bertz CT molecular complexity index is 1170. The zero-order valence-corrected chi connectivity index (χ0v) is 20.3. The molecule has 0 bridgehead atoms. The molecular formula is C30H32BN3. The van der Waals surface area contributed by atoms with Crippen molar-refractivity contribution in [2.24, 2.45) is 10.4 Å². The summed E-state index contributed by atoms with van der Waals surface area (Å²) in [5.74, 6) is 0.244. The van der Waals surface area contributed by atoms with Crippen molar-refractivity contribution in [3.8, 4) is 0 Å². The molecule has 0 aromatic heterocycles. The molecule has 2 radical (unpaired) electrons. The van der Waals surface area contributed by atoms with Crippen molar-refractivity contribution in [2.75, 3.05) is 11.9 Å². The minimum atomic E-state index is -0.0429. The lowest BCUT2D eigenvalue weighted by Gasteiger charge is -2.44. The number of hydrogen-bond donors (Lipinski definition) is 1. The van der Waals surface area contributed by atoms with E-state index in [1.165, 1.54) is 11.1 Å². The van der Waals surface area contributed by atoms with Gasteiger partial charge in [-0.05, 0) is 36.1 Å². The van der Waals surface area contributed by atoms with Gasteiger partial charge >= 0.3 is 0 Å². The lowest BCUT2D eigenvalue weighted by atomic mass is 9.71. The van der Waals surface area contributed by atoms with Crippen LogP contribution in [0.5, 0.6) is 0 Å². The normalized spacial score (nSPS) is 23.7. The molecule has 3 nitrogen and oxygen atoms in total. The summed E-state index contributed by atoms with van der Waals surface area (Å²) >= 11 is 0. The van der Waals surface area contributed by atoms with Crippen molar-refractivity contribution in [2.45, 2.75) is 45.2 Å². The van der Waals surface area contributed by atoms with Crippen molar-refractivity contribution in [3.63, 3.8) is 0 Å². The molecule has 2 aliphatic rings. The second kappa shape index (κ2) is 8.92. The third kappa shape index (κ3) is 4.12. The predicted molar refractivity (Wildman–Crippen MR) is 144 cm³/mol. The van der Waals surface area contributed by atoms with E-state index in [0.717, 1.165) is 41.2 Å². The van der Waals surface area contributed by atoms with E-state index in [-0.39, 0.29) is 23.4 Å². The number of anilines is 1. The van der Waals surface area contributed by atoms with E-state index in [0.29, 0.717) is 0 Å². The molecule has 0 amide bonds. The lowest BCUT2D eigenvalue weighted by Crippen LogP contribution is -2.50. The van der Waals surface area contributed by atoms with Crippen LogP contribution in [0.4, 0.5) is 11.4 Å². The third-order valence-electron chi connectivity index (χ3n) is 7.37. The van der Waals surface area contributed by atoms with Gasteiger partial charge < -0.3 is 10.1 Å². The highest BCUT2D eigenvalue weighted by atomic mass is 15.1. The Hall–Kier alpha value is -3.11. The predicted octanol–water partition coefficient (Wildman–Crippen LogP) is 6.49. The fourth-order valence-electron chi connectivity index (χ4n) is 5.54. The van der Waals surface area contributed by atoms with Crippen LogP contribution < -0.4 is 5.32 Å². The van der Waals surface area contributed by atoms with Crippen LogP contribution in [-0.2, 0) is 0 Å². The van der Waals surface area contributed by atoms with E-state index in [4.69, 9.17) is 13.0 Å². The second-order valence-corrected chi connectivity index (χ2v) is 10.4. The monoisotopic (exact) mass is 445 g/mol. The van der Waals surface area contributed by atoms with Gasteiger partial charge in [-0.3, -0.25) is 0 Å². The smallest absolute Gasteiger partial charge is 0.182 e. The highest BCUT2D eigenvalue weighted by molar-refractivity contribution is 6.14. The summed E-state index contributed by atoms with van der Waals surface area (Å²) in [5.41, 5.74) is 7.75. The molecule has 3 aromatic rings. The molecule has 1 fully saturated rings. The summed E-state index contributed by atoms with van der Waals surface area (Å²) in [5, 5.41) is 3.89. The molecule has 0 spiro atoms. The van der Waals surface area contributed by atoms with Crippen LogP contribution in [0.15, 0.2) is 96.0 Å². The highest BCUT2D eigenvalue weighted by Gasteiger charge is 2.45. The van der Waals surface area contributed by atoms with Gasteiger partial charge in [0.1, 0.15) is 0 Å². The van der Waals surface area contributed by atoms with Gasteiger partial charge in [0.25, 0.3) is 0 Å². The summed E-state index contributed by atoms with van der Waals surface area (Å²) in [7, 11) is 6.44. The number of para-hydroxylation sites is 1. The van der Waals surface area contributed by atoms with Gasteiger partial charge in [-0.1, -0.05) is 106 Å². The lowest BCUT2D eigenvalue weighted by molar-refractivity contribution is 0.180. The van der Waals surface area contributed by atoms with Crippen LogP contribution in [0.2, 0.25) is 0 Å². The van der Waals surface area contributed by atoms with Crippen molar-refractivity contribution in [1.82, 2.24) is 4.81 Å². The first-order valence-electron chi connectivity index (χ1n) is 12.1. The van der Waals surface area contributed by atoms with Crippen LogP contribution in [0, 0.1) is 5.41 Å². The van der Waals surface area contributed by atoms with Gasteiger partial charge in [-0.15, -0.1) is 0 Å². The number of rotatable bonds is 3. The van der Waals surface area contributed by atoms with E-state index < -0.39 is 0 Å². The number of aliphatic imine (C=N–C) groups is 1. The molecule has 1 unspecified atom stereocenters. The Balaban J connectivity index is 1.64. The van der Waals surface area contributed by atoms with E-state index in [9.17, 15) is 0 Å². The van der Waals surface area contributed by atoms with Crippen molar-refractivity contribution < 1.29 is 0 Å². The molecule has 170 valence electrons. The van der Waals surface area contributed by atoms with E-state index >= 15 is 0 Å².